The van der Waals surface area contributed by atoms with Gasteiger partial charge in [0, 0.05) is 30.8 Å². The molecule has 3 heterocycles. The van der Waals surface area contributed by atoms with Gasteiger partial charge < -0.3 is 15.0 Å². The van der Waals surface area contributed by atoms with Crippen molar-refractivity contribution >= 4 is 34.0 Å². The summed E-state index contributed by atoms with van der Waals surface area (Å²) in [6, 6.07) is 17.3. The molecule has 1 saturated heterocycles. The summed E-state index contributed by atoms with van der Waals surface area (Å²) in [4.78, 5) is 19.7. The minimum atomic E-state index is -0.180. The number of anilines is 2. The summed E-state index contributed by atoms with van der Waals surface area (Å²) in [6.45, 7) is 2.89. The van der Waals surface area contributed by atoms with Crippen LogP contribution in [0.4, 0.5) is 11.6 Å². The molecule has 0 radical (unpaired) electrons. The zero-order valence-electron chi connectivity index (χ0n) is 15.2. The van der Waals surface area contributed by atoms with E-state index in [0.29, 0.717) is 30.2 Å². The summed E-state index contributed by atoms with van der Waals surface area (Å²) in [5.74, 6) is 1.22. The molecule has 2 aromatic carbocycles. The number of nitrogens with zero attached hydrogens (tertiary/aromatic N) is 4. The number of carbonyl (C=O) groups is 1. The van der Waals surface area contributed by atoms with Crippen molar-refractivity contribution in [1.29, 1.82) is 0 Å². The number of carbonyl (C=O) groups excluding carboxylic acids is 1. The highest BCUT2D eigenvalue weighted by atomic mass is 16.5. The minimum absolute atomic E-state index is 0.180. The third-order valence-electron chi connectivity index (χ3n) is 4.95. The predicted molar refractivity (Wildman–Crippen MR) is 108 cm³/mol. The maximum atomic E-state index is 13.0. The van der Waals surface area contributed by atoms with Crippen molar-refractivity contribution in [2.45, 2.75) is 0 Å². The van der Waals surface area contributed by atoms with E-state index in [1.54, 1.807) is 10.7 Å². The Hall–Kier alpha value is -3.45. The van der Waals surface area contributed by atoms with E-state index in [4.69, 9.17) is 4.74 Å². The molecule has 140 valence electrons. The summed E-state index contributed by atoms with van der Waals surface area (Å²) >= 11 is 0. The van der Waals surface area contributed by atoms with Gasteiger partial charge >= 0.3 is 0 Å². The van der Waals surface area contributed by atoms with Crippen LogP contribution in [-0.4, -0.2) is 46.8 Å². The second-order valence-corrected chi connectivity index (χ2v) is 6.68. The van der Waals surface area contributed by atoms with Gasteiger partial charge in [0.1, 0.15) is 11.6 Å². The number of morpholine rings is 1. The molecule has 1 aliphatic heterocycles. The second-order valence-electron chi connectivity index (χ2n) is 6.68. The van der Waals surface area contributed by atoms with E-state index >= 15 is 0 Å². The predicted octanol–water partition coefficient (Wildman–Crippen LogP) is 2.97. The monoisotopic (exact) mass is 373 g/mol. The molecule has 7 nitrogen and oxygen atoms in total. The fraction of sp³-hybridized carbons (Fsp3) is 0.190. The Morgan fingerprint density at radius 2 is 1.86 bits per heavy atom. The first kappa shape index (κ1) is 16.7. The number of fused-ring (bicyclic) bond motifs is 2. The highest BCUT2D eigenvalue weighted by Gasteiger charge is 2.18. The van der Waals surface area contributed by atoms with Crippen molar-refractivity contribution in [2.75, 3.05) is 36.5 Å². The van der Waals surface area contributed by atoms with E-state index in [-0.39, 0.29) is 5.91 Å². The number of hydrogen-bond donors (Lipinski definition) is 1. The molecule has 0 bridgehead atoms. The lowest BCUT2D eigenvalue weighted by Crippen LogP contribution is -2.37. The van der Waals surface area contributed by atoms with Crippen LogP contribution in [0.2, 0.25) is 0 Å². The molecule has 0 atom stereocenters. The largest absolute Gasteiger partial charge is 0.378 e. The van der Waals surface area contributed by atoms with Gasteiger partial charge in [-0.15, -0.1) is 0 Å². The Morgan fingerprint density at radius 1 is 1.04 bits per heavy atom. The Bertz CT molecular complexity index is 1160. The SMILES string of the molecule is O=C(Nc1cc(N2CCOCC2)n2nccc2n1)c1cccc2ccccc12. The van der Waals surface area contributed by atoms with E-state index in [1.165, 1.54) is 0 Å². The maximum absolute atomic E-state index is 13.0. The third-order valence-corrected chi connectivity index (χ3v) is 4.95. The van der Waals surface area contributed by atoms with Crippen LogP contribution in [0.25, 0.3) is 16.4 Å². The molecular weight excluding hydrogens is 354 g/mol. The molecule has 7 heteroatoms. The molecular formula is C21H19N5O2. The van der Waals surface area contributed by atoms with Gasteiger partial charge in [-0.05, 0) is 16.8 Å². The topological polar surface area (TPSA) is 71.8 Å². The lowest BCUT2D eigenvalue weighted by molar-refractivity contribution is 0.102. The Morgan fingerprint density at radius 3 is 2.75 bits per heavy atom. The van der Waals surface area contributed by atoms with Crippen molar-refractivity contribution in [3.05, 3.63) is 66.4 Å². The van der Waals surface area contributed by atoms with Crippen molar-refractivity contribution in [3.63, 3.8) is 0 Å². The van der Waals surface area contributed by atoms with Gasteiger partial charge in [0.25, 0.3) is 5.91 Å². The van der Waals surface area contributed by atoms with E-state index in [9.17, 15) is 4.79 Å². The molecule has 1 fully saturated rings. The number of hydrogen-bond acceptors (Lipinski definition) is 5. The van der Waals surface area contributed by atoms with Crippen LogP contribution in [-0.2, 0) is 4.74 Å². The van der Waals surface area contributed by atoms with E-state index in [1.807, 2.05) is 54.6 Å². The molecule has 0 aliphatic carbocycles. The van der Waals surface area contributed by atoms with Gasteiger partial charge in [0.2, 0.25) is 0 Å². The van der Waals surface area contributed by atoms with Gasteiger partial charge in [0.15, 0.2) is 5.65 Å². The molecule has 2 aromatic heterocycles. The number of rotatable bonds is 3. The first-order valence-corrected chi connectivity index (χ1v) is 9.26. The van der Waals surface area contributed by atoms with Gasteiger partial charge in [-0.1, -0.05) is 36.4 Å². The molecule has 0 unspecified atom stereocenters. The third kappa shape index (κ3) is 2.95. The molecule has 0 saturated carbocycles. The van der Waals surface area contributed by atoms with Gasteiger partial charge in [-0.2, -0.15) is 9.61 Å². The van der Waals surface area contributed by atoms with Crippen molar-refractivity contribution in [1.82, 2.24) is 14.6 Å². The van der Waals surface area contributed by atoms with E-state index in [0.717, 1.165) is 29.7 Å². The lowest BCUT2D eigenvalue weighted by Gasteiger charge is -2.29. The number of amides is 1. The fourth-order valence-corrected chi connectivity index (χ4v) is 3.59. The fourth-order valence-electron chi connectivity index (χ4n) is 3.59. The van der Waals surface area contributed by atoms with Crippen molar-refractivity contribution in [2.24, 2.45) is 0 Å². The minimum Gasteiger partial charge on any atom is -0.378 e. The summed E-state index contributed by atoms with van der Waals surface area (Å²) in [5, 5.41) is 9.28. The molecule has 28 heavy (non-hydrogen) atoms. The number of benzene rings is 2. The average molecular weight is 373 g/mol. The standard InChI is InChI=1S/C21H19N5O2/c27-21(17-7-3-5-15-4-1-2-6-16(15)17)24-18-14-20(25-10-12-28-13-11-25)26-19(23-18)8-9-22-26/h1-9,14H,10-13H2,(H,23,24,27). The van der Waals surface area contributed by atoms with Crippen molar-refractivity contribution in [3.8, 4) is 0 Å². The van der Waals surface area contributed by atoms with Crippen LogP contribution in [0, 0.1) is 0 Å². The van der Waals surface area contributed by atoms with Crippen LogP contribution in [0.3, 0.4) is 0 Å². The highest BCUT2D eigenvalue weighted by Crippen LogP contribution is 2.23. The average Bonchev–Trinajstić information content (AvgIpc) is 3.22. The molecule has 0 spiro atoms. The molecule has 1 amide bonds. The van der Waals surface area contributed by atoms with Crippen LogP contribution < -0.4 is 10.2 Å². The second kappa shape index (κ2) is 6.94. The highest BCUT2D eigenvalue weighted by molar-refractivity contribution is 6.12. The Labute approximate surface area is 161 Å². The first-order chi connectivity index (χ1) is 13.8. The number of ether oxygens (including phenoxy) is 1. The first-order valence-electron chi connectivity index (χ1n) is 9.26. The van der Waals surface area contributed by atoms with Crippen molar-refractivity contribution < 1.29 is 9.53 Å². The van der Waals surface area contributed by atoms with Crippen LogP contribution >= 0.6 is 0 Å². The number of aromatic nitrogens is 3. The molecule has 1 N–H and O–H groups in total. The van der Waals surface area contributed by atoms with E-state index in [2.05, 4.69) is 20.3 Å². The summed E-state index contributed by atoms with van der Waals surface area (Å²) < 4.78 is 7.24. The lowest BCUT2D eigenvalue weighted by atomic mass is 10.0. The Kier molecular flexibility index (Phi) is 4.14. The van der Waals surface area contributed by atoms with Crippen LogP contribution in [0.5, 0.6) is 0 Å². The molecule has 5 rings (SSSR count). The molecule has 1 aliphatic rings. The molecule has 4 aromatic rings. The summed E-state index contributed by atoms with van der Waals surface area (Å²) in [5.41, 5.74) is 1.32. The zero-order chi connectivity index (χ0) is 18.9. The maximum Gasteiger partial charge on any atom is 0.257 e. The van der Waals surface area contributed by atoms with Crippen LogP contribution in [0.15, 0.2) is 60.8 Å². The zero-order valence-corrected chi connectivity index (χ0v) is 15.2. The summed E-state index contributed by atoms with van der Waals surface area (Å²) in [7, 11) is 0. The van der Waals surface area contributed by atoms with Gasteiger partial charge in [-0.3, -0.25) is 4.79 Å². The smallest absolute Gasteiger partial charge is 0.257 e. The summed E-state index contributed by atoms with van der Waals surface area (Å²) in [6.07, 6.45) is 1.71. The van der Waals surface area contributed by atoms with E-state index < -0.39 is 0 Å². The van der Waals surface area contributed by atoms with Crippen LogP contribution in [0.1, 0.15) is 10.4 Å². The Balaban J connectivity index is 1.51. The van der Waals surface area contributed by atoms with Gasteiger partial charge in [-0.25, -0.2) is 4.98 Å². The van der Waals surface area contributed by atoms with Gasteiger partial charge in [0.05, 0.1) is 19.4 Å². The number of nitrogens with one attached hydrogen (secondary N) is 1. The normalized spacial score (nSPS) is 14.5. The quantitative estimate of drug-likeness (QED) is 0.598.